The molecule has 3 rings (SSSR count). The van der Waals surface area contributed by atoms with Gasteiger partial charge in [-0.1, -0.05) is 71.2 Å². The Kier molecular flexibility index (Phi) is 10.7. The van der Waals surface area contributed by atoms with E-state index in [1.54, 1.807) is 18.2 Å². The molecule has 3 aromatic carbocycles. The number of benzene rings is 3. The molecule has 1 unspecified atom stereocenters. The molecule has 0 radical (unpaired) electrons. The number of anilines is 1. The first-order valence-corrected chi connectivity index (χ1v) is 15.1. The number of hydrogen-bond acceptors (Lipinski definition) is 4. The molecule has 0 fully saturated rings. The molecule has 2 amide bonds. The summed E-state index contributed by atoms with van der Waals surface area (Å²) in [4.78, 5) is 28.9. The zero-order valence-corrected chi connectivity index (χ0v) is 24.9. The summed E-state index contributed by atoms with van der Waals surface area (Å²) in [5.74, 6) is -0.992. The van der Waals surface area contributed by atoms with Gasteiger partial charge in [0.25, 0.3) is 0 Å². The molecular formula is C28H30Cl3N3O4S. The number of carbonyl (C=O) groups excluding carboxylic acids is 2. The number of sulfonamides is 1. The molecule has 3 aromatic rings. The average Bonchev–Trinajstić information content (AvgIpc) is 2.86. The van der Waals surface area contributed by atoms with E-state index in [1.807, 2.05) is 44.2 Å². The van der Waals surface area contributed by atoms with E-state index in [4.69, 9.17) is 34.8 Å². The maximum Gasteiger partial charge on any atom is 0.244 e. The monoisotopic (exact) mass is 609 g/mol. The molecule has 39 heavy (non-hydrogen) atoms. The highest BCUT2D eigenvalue weighted by Gasteiger charge is 2.34. The minimum absolute atomic E-state index is 0.113. The fourth-order valence-electron chi connectivity index (χ4n) is 4.01. The third-order valence-corrected chi connectivity index (χ3v) is 7.99. The van der Waals surface area contributed by atoms with Gasteiger partial charge in [0.15, 0.2) is 0 Å². The molecule has 0 aliphatic rings. The van der Waals surface area contributed by atoms with Gasteiger partial charge in [-0.15, -0.1) is 0 Å². The van der Waals surface area contributed by atoms with Gasteiger partial charge in [-0.2, -0.15) is 0 Å². The molecule has 0 bridgehead atoms. The highest BCUT2D eigenvalue weighted by Crippen LogP contribution is 2.28. The van der Waals surface area contributed by atoms with Gasteiger partial charge < -0.3 is 10.2 Å². The smallest absolute Gasteiger partial charge is 0.244 e. The summed E-state index contributed by atoms with van der Waals surface area (Å²) in [5.41, 5.74) is 1.53. The van der Waals surface area contributed by atoms with Crippen LogP contribution in [0.1, 0.15) is 25.0 Å². The average molecular weight is 611 g/mol. The first-order valence-electron chi connectivity index (χ1n) is 12.2. The molecule has 1 N–H and O–H groups in total. The van der Waals surface area contributed by atoms with Gasteiger partial charge in [0.1, 0.15) is 12.6 Å². The van der Waals surface area contributed by atoms with E-state index in [0.29, 0.717) is 20.6 Å². The third kappa shape index (κ3) is 8.60. The topological polar surface area (TPSA) is 86.8 Å². The summed E-state index contributed by atoms with van der Waals surface area (Å²) in [6, 6.07) is 19.1. The number of nitrogens with zero attached hydrogens (tertiary/aromatic N) is 2. The molecule has 7 nitrogen and oxygen atoms in total. The Morgan fingerprint density at radius 2 is 1.46 bits per heavy atom. The molecule has 0 heterocycles. The van der Waals surface area contributed by atoms with Crippen molar-refractivity contribution < 1.29 is 18.0 Å². The van der Waals surface area contributed by atoms with Gasteiger partial charge in [-0.25, -0.2) is 8.42 Å². The summed E-state index contributed by atoms with van der Waals surface area (Å²) >= 11 is 18.9. The Labute approximate surface area is 244 Å². The van der Waals surface area contributed by atoms with Crippen LogP contribution in [0, 0.1) is 0 Å². The Bertz CT molecular complexity index is 1380. The van der Waals surface area contributed by atoms with E-state index >= 15 is 0 Å². The molecule has 0 aromatic heterocycles. The predicted molar refractivity (Wildman–Crippen MR) is 158 cm³/mol. The van der Waals surface area contributed by atoms with E-state index < -0.39 is 28.5 Å². The lowest BCUT2D eigenvalue weighted by atomic mass is 10.0. The maximum atomic E-state index is 14.0. The van der Waals surface area contributed by atoms with Crippen molar-refractivity contribution in [2.75, 3.05) is 17.1 Å². The van der Waals surface area contributed by atoms with Crippen molar-refractivity contribution in [1.29, 1.82) is 0 Å². The quantitative estimate of drug-likeness (QED) is 0.307. The summed E-state index contributed by atoms with van der Waals surface area (Å²) in [6.45, 7) is 2.97. The molecular weight excluding hydrogens is 581 g/mol. The number of hydrogen-bond donors (Lipinski definition) is 1. The van der Waals surface area contributed by atoms with E-state index in [9.17, 15) is 18.0 Å². The maximum absolute atomic E-state index is 14.0. The van der Waals surface area contributed by atoms with Crippen LogP contribution in [-0.2, 0) is 32.6 Å². The highest BCUT2D eigenvalue weighted by atomic mass is 35.5. The fraction of sp³-hybridized carbons (Fsp3) is 0.286. The number of rotatable bonds is 11. The van der Waals surface area contributed by atoms with Gasteiger partial charge in [-0.3, -0.25) is 13.9 Å². The minimum atomic E-state index is -3.88. The number of nitrogens with one attached hydrogen (secondary N) is 1. The van der Waals surface area contributed by atoms with Crippen LogP contribution in [0.3, 0.4) is 0 Å². The van der Waals surface area contributed by atoms with E-state index in [0.717, 1.165) is 16.1 Å². The lowest BCUT2D eigenvalue weighted by molar-refractivity contribution is -0.140. The molecule has 208 valence electrons. The van der Waals surface area contributed by atoms with Crippen molar-refractivity contribution in [2.24, 2.45) is 0 Å². The first-order chi connectivity index (χ1) is 18.4. The highest BCUT2D eigenvalue weighted by molar-refractivity contribution is 7.92. The van der Waals surface area contributed by atoms with Gasteiger partial charge in [0.05, 0.1) is 11.9 Å². The van der Waals surface area contributed by atoms with Crippen LogP contribution in [-0.4, -0.2) is 50.0 Å². The van der Waals surface area contributed by atoms with Gasteiger partial charge in [0, 0.05) is 39.6 Å². The van der Waals surface area contributed by atoms with Gasteiger partial charge >= 0.3 is 0 Å². The van der Waals surface area contributed by atoms with Crippen LogP contribution >= 0.6 is 34.8 Å². The lowest BCUT2D eigenvalue weighted by Crippen LogP contribution is -2.54. The third-order valence-electron chi connectivity index (χ3n) is 5.89. The van der Waals surface area contributed by atoms with Gasteiger partial charge in [0.2, 0.25) is 21.8 Å². The van der Waals surface area contributed by atoms with E-state index in [2.05, 4.69) is 5.32 Å². The summed E-state index contributed by atoms with van der Waals surface area (Å²) in [6.07, 6.45) is 1.20. The molecule has 0 saturated heterocycles. The Morgan fingerprint density at radius 1 is 0.872 bits per heavy atom. The van der Waals surface area contributed by atoms with Crippen molar-refractivity contribution in [3.8, 4) is 0 Å². The molecule has 0 aliphatic carbocycles. The van der Waals surface area contributed by atoms with Crippen LogP contribution in [0.25, 0.3) is 0 Å². The summed E-state index contributed by atoms with van der Waals surface area (Å²) in [5, 5.41) is 3.95. The normalized spacial score (nSPS) is 12.2. The van der Waals surface area contributed by atoms with E-state index in [-0.39, 0.29) is 30.6 Å². The van der Waals surface area contributed by atoms with Gasteiger partial charge in [-0.05, 0) is 55.8 Å². The first kappa shape index (κ1) is 30.8. The molecule has 0 saturated carbocycles. The second-order valence-corrected chi connectivity index (χ2v) is 12.5. The summed E-state index contributed by atoms with van der Waals surface area (Å²) < 4.78 is 26.5. The van der Waals surface area contributed by atoms with Crippen LogP contribution in [0.2, 0.25) is 15.1 Å². The Morgan fingerprint density at radius 3 is 2.00 bits per heavy atom. The van der Waals surface area contributed by atoms with Crippen molar-refractivity contribution in [2.45, 2.75) is 38.9 Å². The standard InChI is InChI=1S/C28H30Cl3N3O4S/c1-19(2)32-28(36)26(16-20-8-5-4-6-9-20)33(17-23-24(30)10-7-11-25(23)31)27(35)18-34(39(3,37)38)22-14-12-21(29)13-15-22/h4-15,19,26H,16-18H2,1-3H3,(H,32,36). The number of halogens is 3. The van der Waals surface area contributed by atoms with Crippen LogP contribution in [0.5, 0.6) is 0 Å². The predicted octanol–water partition coefficient (Wildman–Crippen LogP) is 5.58. The molecule has 0 aliphatic heterocycles. The van der Waals surface area contributed by atoms with Crippen molar-refractivity contribution >= 4 is 62.3 Å². The second-order valence-electron chi connectivity index (χ2n) is 9.34. The largest absolute Gasteiger partial charge is 0.352 e. The van der Waals surface area contributed by atoms with Crippen molar-refractivity contribution in [3.05, 3.63) is 99.0 Å². The second kappa shape index (κ2) is 13.5. The Balaban J connectivity index is 2.09. The zero-order chi connectivity index (χ0) is 28.7. The van der Waals surface area contributed by atoms with Crippen molar-refractivity contribution in [3.63, 3.8) is 0 Å². The minimum Gasteiger partial charge on any atom is -0.352 e. The fourth-order valence-corrected chi connectivity index (χ4v) is 5.50. The molecule has 11 heteroatoms. The van der Waals surface area contributed by atoms with Crippen LogP contribution in [0.4, 0.5) is 5.69 Å². The zero-order valence-electron chi connectivity index (χ0n) is 21.8. The Hall–Kier alpha value is -2.78. The lowest BCUT2D eigenvalue weighted by Gasteiger charge is -2.34. The summed E-state index contributed by atoms with van der Waals surface area (Å²) in [7, 11) is -3.88. The van der Waals surface area contributed by atoms with E-state index in [1.165, 1.54) is 29.2 Å². The molecule has 1 atom stereocenters. The SMILES string of the molecule is CC(C)NC(=O)C(Cc1ccccc1)N(Cc1c(Cl)cccc1Cl)C(=O)CN(c1ccc(Cl)cc1)S(C)(=O)=O. The number of carbonyl (C=O) groups is 2. The van der Waals surface area contributed by atoms with Crippen molar-refractivity contribution in [1.82, 2.24) is 10.2 Å². The molecule has 0 spiro atoms. The van der Waals surface area contributed by atoms with Crippen LogP contribution in [0.15, 0.2) is 72.8 Å². The number of amides is 2. The van der Waals surface area contributed by atoms with Crippen LogP contribution < -0.4 is 9.62 Å².